The van der Waals surface area contributed by atoms with E-state index in [-0.39, 0.29) is 6.03 Å². The molecule has 4 heteroatoms. The lowest BCUT2D eigenvalue weighted by Crippen LogP contribution is -2.43. The minimum absolute atomic E-state index is 0.304. The normalized spacial score (nSPS) is 17.7. The Balaban J connectivity index is 2.14. The van der Waals surface area contributed by atoms with Gasteiger partial charge in [-0.25, -0.2) is 4.79 Å². The van der Waals surface area contributed by atoms with Gasteiger partial charge in [-0.1, -0.05) is 60.7 Å². The van der Waals surface area contributed by atoms with Gasteiger partial charge < -0.3 is 10.6 Å². The van der Waals surface area contributed by atoms with Crippen LogP contribution in [0.3, 0.4) is 0 Å². The molecule has 0 radical (unpaired) electrons. The number of nitrogens with zero attached hydrogens (tertiary/aromatic N) is 1. The number of rotatable bonds is 2. The van der Waals surface area contributed by atoms with E-state index in [2.05, 4.69) is 16.7 Å². The topological polar surface area (TPSA) is 64.9 Å². The summed E-state index contributed by atoms with van der Waals surface area (Å²) in [6.45, 7) is 0. The predicted molar refractivity (Wildman–Crippen MR) is 79.8 cm³/mol. The molecule has 0 saturated carbocycles. The van der Waals surface area contributed by atoms with Crippen LogP contribution in [-0.4, -0.2) is 6.03 Å². The molecule has 1 aliphatic heterocycles. The molecule has 2 aromatic rings. The van der Waals surface area contributed by atoms with Crippen LogP contribution in [0.15, 0.2) is 66.2 Å². The summed E-state index contributed by atoms with van der Waals surface area (Å²) in [7, 11) is 0. The predicted octanol–water partition coefficient (Wildman–Crippen LogP) is 2.98. The van der Waals surface area contributed by atoms with Gasteiger partial charge in [0.15, 0.2) is 0 Å². The van der Waals surface area contributed by atoms with Crippen LogP contribution in [-0.2, 0) is 0 Å². The summed E-state index contributed by atoms with van der Waals surface area (Å²) >= 11 is 0. The number of hydrogen-bond donors (Lipinski definition) is 2. The third kappa shape index (κ3) is 2.49. The van der Waals surface area contributed by atoms with Crippen LogP contribution in [0.4, 0.5) is 4.79 Å². The third-order valence-corrected chi connectivity index (χ3v) is 3.39. The number of benzene rings is 2. The van der Waals surface area contributed by atoms with Gasteiger partial charge in [0.05, 0.1) is 23.4 Å². The Morgan fingerprint density at radius 1 is 0.952 bits per heavy atom. The monoisotopic (exact) mass is 275 g/mol. The van der Waals surface area contributed by atoms with Crippen LogP contribution < -0.4 is 10.6 Å². The Morgan fingerprint density at radius 3 is 2.19 bits per heavy atom. The zero-order valence-electron chi connectivity index (χ0n) is 11.2. The molecule has 0 aliphatic carbocycles. The fourth-order valence-corrected chi connectivity index (χ4v) is 2.41. The highest BCUT2D eigenvalue weighted by Crippen LogP contribution is 2.30. The molecule has 0 saturated heterocycles. The lowest BCUT2D eigenvalue weighted by Gasteiger charge is -2.27. The third-order valence-electron chi connectivity index (χ3n) is 3.39. The van der Waals surface area contributed by atoms with Gasteiger partial charge in [-0.3, -0.25) is 0 Å². The summed E-state index contributed by atoms with van der Waals surface area (Å²) in [5.74, 6) is 0. The van der Waals surface area contributed by atoms with Crippen molar-refractivity contribution < 1.29 is 4.79 Å². The molecule has 1 aliphatic rings. The van der Waals surface area contributed by atoms with Gasteiger partial charge in [0.25, 0.3) is 0 Å². The zero-order chi connectivity index (χ0) is 14.7. The van der Waals surface area contributed by atoms with Gasteiger partial charge in [-0.05, 0) is 11.1 Å². The van der Waals surface area contributed by atoms with Crippen LogP contribution in [0.2, 0.25) is 0 Å². The van der Waals surface area contributed by atoms with E-state index in [0.717, 1.165) is 11.1 Å². The second-order valence-corrected chi connectivity index (χ2v) is 4.71. The van der Waals surface area contributed by atoms with E-state index in [4.69, 9.17) is 0 Å². The molecule has 1 unspecified atom stereocenters. The Labute approximate surface area is 122 Å². The second kappa shape index (κ2) is 5.51. The number of carbonyl (C=O) groups excluding carboxylic acids is 1. The maximum absolute atomic E-state index is 11.9. The Morgan fingerprint density at radius 2 is 1.57 bits per heavy atom. The lowest BCUT2D eigenvalue weighted by atomic mass is 9.94. The average molecular weight is 275 g/mol. The second-order valence-electron chi connectivity index (χ2n) is 4.71. The van der Waals surface area contributed by atoms with Gasteiger partial charge in [0.2, 0.25) is 0 Å². The molecule has 102 valence electrons. The van der Waals surface area contributed by atoms with Crippen LogP contribution in [0.1, 0.15) is 17.2 Å². The number of nitrogens with one attached hydrogen (secondary N) is 2. The SMILES string of the molecule is N#CC1=C(c2ccccc2)NC(=O)NC1c1ccccc1. The summed E-state index contributed by atoms with van der Waals surface area (Å²) in [6.07, 6.45) is 0. The van der Waals surface area contributed by atoms with Crippen molar-refractivity contribution in [3.05, 3.63) is 77.4 Å². The smallest absolute Gasteiger partial charge is 0.320 e. The van der Waals surface area contributed by atoms with Crippen molar-refractivity contribution >= 4 is 11.7 Å². The molecule has 21 heavy (non-hydrogen) atoms. The fraction of sp³-hybridized carbons (Fsp3) is 0.0588. The summed E-state index contributed by atoms with van der Waals surface area (Å²) in [6, 6.07) is 20.4. The molecular weight excluding hydrogens is 262 g/mol. The van der Waals surface area contributed by atoms with E-state index < -0.39 is 6.04 Å². The molecule has 4 nitrogen and oxygen atoms in total. The first kappa shape index (κ1) is 12.9. The van der Waals surface area contributed by atoms with E-state index in [1.807, 2.05) is 60.7 Å². The van der Waals surface area contributed by atoms with Crippen LogP contribution in [0.25, 0.3) is 5.70 Å². The molecule has 0 spiro atoms. The van der Waals surface area contributed by atoms with E-state index in [1.165, 1.54) is 0 Å². The largest absolute Gasteiger partial charge is 0.326 e. The zero-order valence-corrected chi connectivity index (χ0v) is 11.2. The molecule has 0 bridgehead atoms. The van der Waals surface area contributed by atoms with Crippen molar-refractivity contribution in [1.82, 2.24) is 10.6 Å². The highest BCUT2D eigenvalue weighted by Gasteiger charge is 2.28. The van der Waals surface area contributed by atoms with Gasteiger partial charge in [0, 0.05) is 0 Å². The van der Waals surface area contributed by atoms with Crippen LogP contribution in [0, 0.1) is 11.3 Å². The van der Waals surface area contributed by atoms with Crippen molar-refractivity contribution in [2.75, 3.05) is 0 Å². The Bertz CT molecular complexity index is 730. The first-order valence-corrected chi connectivity index (χ1v) is 6.62. The number of hydrogen-bond acceptors (Lipinski definition) is 2. The van der Waals surface area contributed by atoms with E-state index in [0.29, 0.717) is 11.3 Å². The maximum Gasteiger partial charge on any atom is 0.320 e. The van der Waals surface area contributed by atoms with Crippen LogP contribution >= 0.6 is 0 Å². The van der Waals surface area contributed by atoms with Crippen molar-refractivity contribution in [3.63, 3.8) is 0 Å². The maximum atomic E-state index is 11.9. The number of amides is 2. The molecule has 0 aromatic heterocycles. The van der Waals surface area contributed by atoms with Crippen molar-refractivity contribution in [3.8, 4) is 6.07 Å². The first-order valence-electron chi connectivity index (χ1n) is 6.62. The van der Waals surface area contributed by atoms with Gasteiger partial charge in [-0.15, -0.1) is 0 Å². The summed E-state index contributed by atoms with van der Waals surface area (Å²) < 4.78 is 0. The molecule has 1 atom stereocenters. The summed E-state index contributed by atoms with van der Waals surface area (Å²) in [5.41, 5.74) is 2.78. The molecule has 2 N–H and O–H groups in total. The lowest BCUT2D eigenvalue weighted by molar-refractivity contribution is 0.241. The highest BCUT2D eigenvalue weighted by atomic mass is 16.2. The van der Waals surface area contributed by atoms with E-state index >= 15 is 0 Å². The van der Waals surface area contributed by atoms with Gasteiger partial charge >= 0.3 is 6.03 Å². The molecule has 3 rings (SSSR count). The summed E-state index contributed by atoms with van der Waals surface area (Å²) in [5, 5.41) is 15.1. The van der Waals surface area contributed by atoms with E-state index in [1.54, 1.807) is 0 Å². The van der Waals surface area contributed by atoms with Crippen molar-refractivity contribution in [2.24, 2.45) is 0 Å². The molecule has 0 fully saturated rings. The van der Waals surface area contributed by atoms with Gasteiger partial charge in [0.1, 0.15) is 0 Å². The number of nitriles is 1. The highest BCUT2D eigenvalue weighted by molar-refractivity contribution is 5.91. The van der Waals surface area contributed by atoms with Crippen LogP contribution in [0.5, 0.6) is 0 Å². The quantitative estimate of drug-likeness (QED) is 0.885. The minimum Gasteiger partial charge on any atom is -0.326 e. The minimum atomic E-state index is -0.430. The number of carbonyl (C=O) groups is 1. The Kier molecular flexibility index (Phi) is 3.40. The molecular formula is C17H13N3O. The molecule has 1 heterocycles. The summed E-state index contributed by atoms with van der Waals surface area (Å²) in [4.78, 5) is 11.9. The Hall–Kier alpha value is -3.06. The van der Waals surface area contributed by atoms with Crippen molar-refractivity contribution in [1.29, 1.82) is 5.26 Å². The number of urea groups is 1. The molecule has 2 amide bonds. The van der Waals surface area contributed by atoms with E-state index in [9.17, 15) is 10.1 Å². The standard InChI is InChI=1S/C17H13N3O/c18-11-14-15(12-7-3-1-4-8-12)19-17(21)20-16(14)13-9-5-2-6-10-13/h1-10,15H,(H2,19,20,21). The first-order chi connectivity index (χ1) is 10.3. The fourth-order valence-electron chi connectivity index (χ4n) is 2.41. The van der Waals surface area contributed by atoms with Gasteiger partial charge in [-0.2, -0.15) is 5.26 Å². The average Bonchev–Trinajstić information content (AvgIpc) is 2.55. The van der Waals surface area contributed by atoms with Crippen molar-refractivity contribution in [2.45, 2.75) is 6.04 Å². The molecule has 2 aromatic carbocycles.